The summed E-state index contributed by atoms with van der Waals surface area (Å²) in [5.41, 5.74) is 0.559. The number of aromatic nitrogens is 1. The SMILES string of the molecule is CS(=O)(=O)Nc1ccc2cc(C(=O)Nc3cc(F)cc(-c4ccc(F)cc4)c3F)[nH]c2c1. The van der Waals surface area contributed by atoms with E-state index >= 15 is 0 Å². The lowest BCUT2D eigenvalue weighted by Crippen LogP contribution is -2.14. The molecular weight excluding hydrogens is 443 g/mol. The number of sulfonamides is 1. The van der Waals surface area contributed by atoms with Gasteiger partial charge in [-0.15, -0.1) is 0 Å². The molecule has 3 aromatic carbocycles. The molecule has 0 aliphatic carbocycles. The molecule has 0 aliphatic heterocycles. The van der Waals surface area contributed by atoms with Gasteiger partial charge in [0.25, 0.3) is 5.91 Å². The minimum absolute atomic E-state index is 0.0588. The number of rotatable bonds is 5. The zero-order valence-electron chi connectivity index (χ0n) is 16.5. The third-order valence-corrected chi connectivity index (χ3v) is 5.22. The molecule has 0 saturated carbocycles. The molecule has 6 nitrogen and oxygen atoms in total. The van der Waals surface area contributed by atoms with Gasteiger partial charge in [-0.3, -0.25) is 9.52 Å². The van der Waals surface area contributed by atoms with Crippen molar-refractivity contribution >= 4 is 38.2 Å². The maximum atomic E-state index is 15.0. The number of fused-ring (bicyclic) bond motifs is 1. The van der Waals surface area contributed by atoms with E-state index in [2.05, 4.69) is 15.0 Å². The van der Waals surface area contributed by atoms with Crippen LogP contribution in [0.15, 0.2) is 60.7 Å². The molecule has 1 heterocycles. The fourth-order valence-corrected chi connectivity index (χ4v) is 3.79. The fourth-order valence-electron chi connectivity index (χ4n) is 3.24. The van der Waals surface area contributed by atoms with E-state index in [4.69, 9.17) is 0 Å². The summed E-state index contributed by atoms with van der Waals surface area (Å²) in [5, 5.41) is 2.94. The number of carbonyl (C=O) groups is 1. The van der Waals surface area contributed by atoms with E-state index in [9.17, 15) is 26.4 Å². The van der Waals surface area contributed by atoms with Gasteiger partial charge in [0, 0.05) is 22.5 Å². The Balaban J connectivity index is 1.64. The summed E-state index contributed by atoms with van der Waals surface area (Å²) in [6.07, 6.45) is 1.01. The summed E-state index contributed by atoms with van der Waals surface area (Å²) in [4.78, 5) is 15.5. The highest BCUT2D eigenvalue weighted by molar-refractivity contribution is 7.92. The van der Waals surface area contributed by atoms with Crippen molar-refractivity contribution in [2.75, 3.05) is 16.3 Å². The molecular formula is C22H16F3N3O3S. The minimum atomic E-state index is -3.48. The molecule has 164 valence electrons. The van der Waals surface area contributed by atoms with Crippen LogP contribution in [-0.4, -0.2) is 25.6 Å². The van der Waals surface area contributed by atoms with Crippen molar-refractivity contribution in [3.8, 4) is 11.1 Å². The second kappa shape index (κ2) is 8.04. The second-order valence-electron chi connectivity index (χ2n) is 7.14. The smallest absolute Gasteiger partial charge is 0.272 e. The van der Waals surface area contributed by atoms with Crippen molar-refractivity contribution in [1.29, 1.82) is 0 Å². The highest BCUT2D eigenvalue weighted by Gasteiger charge is 2.17. The summed E-state index contributed by atoms with van der Waals surface area (Å²) in [6, 6.07) is 12.8. The number of halogens is 3. The Kier molecular flexibility index (Phi) is 5.39. The first-order valence-corrected chi connectivity index (χ1v) is 11.1. The van der Waals surface area contributed by atoms with Gasteiger partial charge in [0.1, 0.15) is 17.3 Å². The van der Waals surface area contributed by atoms with Crippen molar-refractivity contribution in [3.05, 3.63) is 83.8 Å². The fraction of sp³-hybridized carbons (Fsp3) is 0.0455. The normalized spacial score (nSPS) is 11.5. The molecule has 0 radical (unpaired) electrons. The van der Waals surface area contributed by atoms with Gasteiger partial charge in [-0.1, -0.05) is 18.2 Å². The van der Waals surface area contributed by atoms with Crippen LogP contribution >= 0.6 is 0 Å². The van der Waals surface area contributed by atoms with Gasteiger partial charge in [0.2, 0.25) is 10.0 Å². The van der Waals surface area contributed by atoms with Gasteiger partial charge < -0.3 is 10.3 Å². The van der Waals surface area contributed by atoms with Crippen LogP contribution in [0, 0.1) is 17.5 Å². The summed E-state index contributed by atoms with van der Waals surface area (Å²) in [5.74, 6) is -2.91. The Morgan fingerprint density at radius 2 is 1.62 bits per heavy atom. The van der Waals surface area contributed by atoms with Crippen LogP contribution in [-0.2, 0) is 10.0 Å². The van der Waals surface area contributed by atoms with Crippen LogP contribution in [0.2, 0.25) is 0 Å². The first kappa shape index (κ1) is 21.4. The van der Waals surface area contributed by atoms with E-state index in [0.29, 0.717) is 16.6 Å². The molecule has 0 atom stereocenters. The molecule has 0 spiro atoms. The summed E-state index contributed by atoms with van der Waals surface area (Å²) < 4.78 is 67.4. The quantitative estimate of drug-likeness (QED) is 0.397. The zero-order chi connectivity index (χ0) is 23.0. The Bertz CT molecular complexity index is 1450. The minimum Gasteiger partial charge on any atom is -0.350 e. The predicted octanol–water partition coefficient (Wildman–Crippen LogP) is 4.88. The lowest BCUT2D eigenvalue weighted by Gasteiger charge is -2.10. The van der Waals surface area contributed by atoms with E-state index in [1.807, 2.05) is 0 Å². The number of H-pyrrole nitrogens is 1. The van der Waals surface area contributed by atoms with E-state index in [0.717, 1.165) is 30.5 Å². The summed E-state index contributed by atoms with van der Waals surface area (Å²) in [7, 11) is -3.48. The molecule has 4 aromatic rings. The van der Waals surface area contributed by atoms with Gasteiger partial charge >= 0.3 is 0 Å². The van der Waals surface area contributed by atoms with Gasteiger partial charge in [-0.05, 0) is 42.0 Å². The molecule has 0 saturated heterocycles. The van der Waals surface area contributed by atoms with Crippen LogP contribution in [0.5, 0.6) is 0 Å². The number of carbonyl (C=O) groups excluding carboxylic acids is 1. The molecule has 4 rings (SSSR count). The molecule has 32 heavy (non-hydrogen) atoms. The zero-order valence-corrected chi connectivity index (χ0v) is 17.4. The van der Waals surface area contributed by atoms with Gasteiger partial charge in [0.15, 0.2) is 5.82 Å². The summed E-state index contributed by atoms with van der Waals surface area (Å²) >= 11 is 0. The lowest BCUT2D eigenvalue weighted by atomic mass is 10.0. The molecule has 0 unspecified atom stereocenters. The third kappa shape index (κ3) is 4.59. The number of benzene rings is 3. The Labute approximate surface area is 181 Å². The molecule has 0 fully saturated rings. The van der Waals surface area contributed by atoms with Crippen LogP contribution in [0.1, 0.15) is 10.5 Å². The molecule has 0 bridgehead atoms. The molecule has 1 aromatic heterocycles. The van der Waals surface area contributed by atoms with Crippen molar-refractivity contribution in [1.82, 2.24) is 4.98 Å². The average molecular weight is 459 g/mol. The molecule has 0 aliphatic rings. The van der Waals surface area contributed by atoms with E-state index in [-0.39, 0.29) is 22.5 Å². The Morgan fingerprint density at radius 1 is 0.906 bits per heavy atom. The average Bonchev–Trinajstić information content (AvgIpc) is 3.13. The highest BCUT2D eigenvalue weighted by Crippen LogP contribution is 2.30. The lowest BCUT2D eigenvalue weighted by molar-refractivity contribution is 0.102. The highest BCUT2D eigenvalue weighted by atomic mass is 32.2. The topological polar surface area (TPSA) is 91.1 Å². The second-order valence-corrected chi connectivity index (χ2v) is 8.88. The van der Waals surface area contributed by atoms with Gasteiger partial charge in [-0.2, -0.15) is 0 Å². The standard InChI is InChI=1S/C22H16F3N3O3S/c1-32(30,31)28-16-7-4-13-8-20(26-18(13)11-16)22(29)27-19-10-15(24)9-17(21(19)25)12-2-5-14(23)6-3-12/h2-11,26,28H,1H3,(H,27,29). The number of anilines is 2. The van der Waals surface area contributed by atoms with Crippen LogP contribution in [0.4, 0.5) is 24.5 Å². The number of nitrogens with one attached hydrogen (secondary N) is 3. The Morgan fingerprint density at radius 3 is 2.31 bits per heavy atom. The number of hydrogen-bond acceptors (Lipinski definition) is 3. The van der Waals surface area contributed by atoms with Crippen molar-refractivity contribution in [2.45, 2.75) is 0 Å². The molecule has 3 N–H and O–H groups in total. The van der Waals surface area contributed by atoms with Crippen LogP contribution < -0.4 is 10.0 Å². The van der Waals surface area contributed by atoms with Crippen LogP contribution in [0.25, 0.3) is 22.0 Å². The van der Waals surface area contributed by atoms with Gasteiger partial charge in [0.05, 0.1) is 17.6 Å². The maximum Gasteiger partial charge on any atom is 0.272 e. The van der Waals surface area contributed by atoms with E-state index in [1.165, 1.54) is 30.3 Å². The van der Waals surface area contributed by atoms with E-state index in [1.54, 1.807) is 6.07 Å². The largest absolute Gasteiger partial charge is 0.350 e. The Hall–Kier alpha value is -3.79. The first-order valence-electron chi connectivity index (χ1n) is 9.26. The summed E-state index contributed by atoms with van der Waals surface area (Å²) in [6.45, 7) is 0. The maximum absolute atomic E-state index is 15.0. The predicted molar refractivity (Wildman–Crippen MR) is 116 cm³/mol. The van der Waals surface area contributed by atoms with Crippen LogP contribution in [0.3, 0.4) is 0 Å². The molecule has 10 heteroatoms. The monoisotopic (exact) mass is 459 g/mol. The van der Waals surface area contributed by atoms with Crippen molar-refractivity contribution in [2.24, 2.45) is 0 Å². The van der Waals surface area contributed by atoms with E-state index < -0.39 is 33.4 Å². The van der Waals surface area contributed by atoms with Crippen molar-refractivity contribution in [3.63, 3.8) is 0 Å². The number of hydrogen-bond donors (Lipinski definition) is 3. The molecule has 1 amide bonds. The van der Waals surface area contributed by atoms with Crippen molar-refractivity contribution < 1.29 is 26.4 Å². The number of amides is 1. The number of aromatic amines is 1. The first-order chi connectivity index (χ1) is 15.1. The van der Waals surface area contributed by atoms with Gasteiger partial charge in [-0.25, -0.2) is 21.6 Å². The third-order valence-electron chi connectivity index (χ3n) is 4.61.